The molecule has 0 radical (unpaired) electrons. The first-order chi connectivity index (χ1) is 16.5. The van der Waals surface area contributed by atoms with Crippen molar-refractivity contribution in [1.29, 1.82) is 0 Å². The number of hydrogen-bond acceptors (Lipinski definition) is 5. The molecule has 1 aliphatic rings. The molecule has 0 aliphatic carbocycles. The van der Waals surface area contributed by atoms with E-state index in [4.69, 9.17) is 4.74 Å². The zero-order chi connectivity index (χ0) is 24.1. The summed E-state index contributed by atoms with van der Waals surface area (Å²) in [5.41, 5.74) is 2.25. The molecule has 8 nitrogen and oxygen atoms in total. The molecule has 0 spiro atoms. The molecular weight excluding hydrogens is 434 g/mol. The summed E-state index contributed by atoms with van der Waals surface area (Å²) in [6.45, 7) is 1.99. The molecule has 1 heterocycles. The van der Waals surface area contributed by atoms with Gasteiger partial charge in [-0.15, -0.1) is 0 Å². The van der Waals surface area contributed by atoms with Gasteiger partial charge in [0.2, 0.25) is 11.8 Å². The lowest BCUT2D eigenvalue weighted by atomic mass is 10.0. The molecule has 0 saturated heterocycles. The minimum atomic E-state index is -1.04. The van der Waals surface area contributed by atoms with Gasteiger partial charge in [0.15, 0.2) is 0 Å². The van der Waals surface area contributed by atoms with E-state index in [9.17, 15) is 19.2 Å². The fourth-order valence-electron chi connectivity index (χ4n) is 3.74. The van der Waals surface area contributed by atoms with Crippen LogP contribution in [-0.2, 0) is 14.3 Å². The van der Waals surface area contributed by atoms with E-state index < -0.39 is 23.8 Å². The van der Waals surface area contributed by atoms with Crippen LogP contribution >= 0.6 is 0 Å². The molecule has 0 unspecified atom stereocenters. The zero-order valence-corrected chi connectivity index (χ0v) is 18.5. The smallest absolute Gasteiger partial charge is 0.338 e. The Hall–Kier alpha value is -4.46. The average Bonchev–Trinajstić information content (AvgIpc) is 2.85. The van der Waals surface area contributed by atoms with Gasteiger partial charge in [-0.1, -0.05) is 30.3 Å². The number of carbonyl (C=O) groups excluding carboxylic acids is 4. The molecule has 0 saturated carbocycles. The second-order valence-electron chi connectivity index (χ2n) is 7.61. The summed E-state index contributed by atoms with van der Waals surface area (Å²) in [6.07, 6.45) is -0.252. The normalized spacial score (nSPS) is 14.6. The van der Waals surface area contributed by atoms with Gasteiger partial charge in [-0.2, -0.15) is 0 Å². The number of ether oxygens (including phenoxy) is 1. The highest BCUT2D eigenvalue weighted by Gasteiger charge is 2.38. The first-order valence-electron chi connectivity index (χ1n) is 10.8. The highest BCUT2D eigenvalue weighted by atomic mass is 16.5. The van der Waals surface area contributed by atoms with E-state index in [2.05, 4.69) is 10.6 Å². The van der Waals surface area contributed by atoms with E-state index in [0.29, 0.717) is 28.2 Å². The van der Waals surface area contributed by atoms with Crippen molar-refractivity contribution in [3.8, 4) is 0 Å². The Morgan fingerprint density at radius 3 is 2.29 bits per heavy atom. The van der Waals surface area contributed by atoms with E-state index in [0.717, 1.165) is 0 Å². The zero-order valence-electron chi connectivity index (χ0n) is 18.5. The van der Waals surface area contributed by atoms with Crippen LogP contribution in [0.5, 0.6) is 0 Å². The van der Waals surface area contributed by atoms with E-state index in [-0.39, 0.29) is 18.9 Å². The topological polar surface area (TPSA) is 105 Å². The summed E-state index contributed by atoms with van der Waals surface area (Å²) >= 11 is 0. The maximum Gasteiger partial charge on any atom is 0.338 e. The van der Waals surface area contributed by atoms with Crippen LogP contribution < -0.4 is 15.5 Å². The Kier molecular flexibility index (Phi) is 6.68. The average molecular weight is 457 g/mol. The predicted molar refractivity (Wildman–Crippen MR) is 128 cm³/mol. The first-order valence-corrected chi connectivity index (χ1v) is 10.8. The lowest BCUT2D eigenvalue weighted by molar-refractivity contribution is -0.122. The van der Waals surface area contributed by atoms with Crippen molar-refractivity contribution < 1.29 is 23.9 Å². The number of nitrogens with one attached hydrogen (secondary N) is 2. The van der Waals surface area contributed by atoms with Crippen LogP contribution in [-0.4, -0.2) is 36.3 Å². The van der Waals surface area contributed by atoms with Crippen molar-refractivity contribution in [2.45, 2.75) is 19.4 Å². The summed E-state index contributed by atoms with van der Waals surface area (Å²) in [4.78, 5) is 52.3. The number of carbonyl (C=O) groups is 4. The van der Waals surface area contributed by atoms with Gasteiger partial charge >= 0.3 is 5.97 Å². The number of hydrogen-bond donors (Lipinski definition) is 2. The number of fused-ring (bicyclic) bond motifs is 1. The Labute approximate surface area is 196 Å². The van der Waals surface area contributed by atoms with Crippen LogP contribution in [0.3, 0.4) is 0 Å². The molecular formula is C26H23N3O5. The fourth-order valence-corrected chi connectivity index (χ4v) is 3.74. The number of esters is 1. The van der Waals surface area contributed by atoms with Gasteiger partial charge in [0.25, 0.3) is 5.91 Å². The molecule has 0 fully saturated rings. The SMILES string of the molecule is CCOC(=O)c1ccc(NC(=O)C[C@H]2C(=O)Nc3ccccc3N2C(=O)c2ccccc2)cc1. The lowest BCUT2D eigenvalue weighted by Crippen LogP contribution is -2.52. The third-order valence-electron chi connectivity index (χ3n) is 5.33. The molecule has 0 aromatic heterocycles. The summed E-state index contributed by atoms with van der Waals surface area (Å²) in [6, 6.07) is 20.8. The van der Waals surface area contributed by atoms with Crippen LogP contribution in [0.15, 0.2) is 78.9 Å². The van der Waals surface area contributed by atoms with Crippen molar-refractivity contribution in [2.75, 3.05) is 22.1 Å². The van der Waals surface area contributed by atoms with Gasteiger partial charge < -0.3 is 15.4 Å². The van der Waals surface area contributed by atoms with Crippen molar-refractivity contribution >= 4 is 40.8 Å². The van der Waals surface area contributed by atoms with Gasteiger partial charge in [-0.3, -0.25) is 19.3 Å². The summed E-state index contributed by atoms with van der Waals surface area (Å²) in [7, 11) is 0. The van der Waals surface area contributed by atoms with Crippen molar-refractivity contribution in [3.05, 3.63) is 90.0 Å². The maximum atomic E-state index is 13.4. The van der Waals surface area contributed by atoms with Gasteiger partial charge in [0.05, 0.1) is 30.0 Å². The Morgan fingerprint density at radius 2 is 1.59 bits per heavy atom. The molecule has 172 valence electrons. The second-order valence-corrected chi connectivity index (χ2v) is 7.61. The van der Waals surface area contributed by atoms with Crippen LogP contribution in [0.4, 0.5) is 17.1 Å². The third-order valence-corrected chi connectivity index (χ3v) is 5.33. The molecule has 4 rings (SSSR count). The number of para-hydroxylation sites is 2. The summed E-state index contributed by atoms with van der Waals surface area (Å²) < 4.78 is 4.95. The number of amides is 3. The van der Waals surface area contributed by atoms with Crippen LogP contribution in [0.2, 0.25) is 0 Å². The van der Waals surface area contributed by atoms with Crippen molar-refractivity contribution in [2.24, 2.45) is 0 Å². The highest BCUT2D eigenvalue weighted by molar-refractivity contribution is 6.17. The fraction of sp³-hybridized carbons (Fsp3) is 0.154. The predicted octanol–water partition coefficient (Wildman–Crippen LogP) is 3.86. The van der Waals surface area contributed by atoms with Crippen LogP contribution in [0.1, 0.15) is 34.1 Å². The van der Waals surface area contributed by atoms with E-state index in [1.54, 1.807) is 85.8 Å². The summed E-state index contributed by atoms with van der Waals surface area (Å²) in [5.74, 6) is -1.72. The molecule has 2 N–H and O–H groups in total. The Morgan fingerprint density at radius 1 is 0.912 bits per heavy atom. The first kappa shape index (κ1) is 22.7. The summed E-state index contributed by atoms with van der Waals surface area (Å²) in [5, 5.41) is 5.51. The third kappa shape index (κ3) is 4.80. The molecule has 0 bridgehead atoms. The number of anilines is 3. The molecule has 1 atom stereocenters. The Balaban J connectivity index is 1.55. The van der Waals surface area contributed by atoms with Gasteiger partial charge in [-0.25, -0.2) is 4.79 Å². The number of nitrogens with zero attached hydrogens (tertiary/aromatic N) is 1. The van der Waals surface area contributed by atoms with Gasteiger partial charge in [0, 0.05) is 11.3 Å². The number of rotatable bonds is 6. The molecule has 3 amide bonds. The van der Waals surface area contributed by atoms with Crippen molar-refractivity contribution in [3.63, 3.8) is 0 Å². The molecule has 8 heteroatoms. The minimum Gasteiger partial charge on any atom is -0.462 e. The monoisotopic (exact) mass is 457 g/mol. The molecule has 3 aromatic rings. The van der Waals surface area contributed by atoms with E-state index in [1.165, 1.54) is 4.90 Å². The second kappa shape index (κ2) is 9.99. The number of benzene rings is 3. The maximum absolute atomic E-state index is 13.4. The van der Waals surface area contributed by atoms with Gasteiger partial charge in [0.1, 0.15) is 6.04 Å². The van der Waals surface area contributed by atoms with E-state index >= 15 is 0 Å². The quantitative estimate of drug-likeness (QED) is 0.547. The molecule has 3 aromatic carbocycles. The van der Waals surface area contributed by atoms with Gasteiger partial charge in [-0.05, 0) is 55.5 Å². The standard InChI is InChI=1S/C26H23N3O5/c1-2-34-26(33)18-12-14-19(15-13-18)27-23(30)16-22-24(31)28-20-10-6-7-11-21(20)29(22)25(32)17-8-4-3-5-9-17/h3-15,22H,2,16H2,1H3,(H,27,30)(H,28,31)/t22-/m0/s1. The molecule has 34 heavy (non-hydrogen) atoms. The van der Waals surface area contributed by atoms with Crippen molar-refractivity contribution in [1.82, 2.24) is 0 Å². The lowest BCUT2D eigenvalue weighted by Gasteiger charge is -2.36. The van der Waals surface area contributed by atoms with E-state index in [1.807, 2.05) is 0 Å². The van der Waals surface area contributed by atoms with Crippen LogP contribution in [0.25, 0.3) is 0 Å². The highest BCUT2D eigenvalue weighted by Crippen LogP contribution is 2.34. The molecule has 1 aliphatic heterocycles. The van der Waals surface area contributed by atoms with Crippen LogP contribution in [0, 0.1) is 0 Å². The largest absolute Gasteiger partial charge is 0.462 e. The minimum absolute atomic E-state index is 0.252. The Bertz CT molecular complexity index is 1220.